The fourth-order valence-corrected chi connectivity index (χ4v) is 3.45. The zero-order valence-corrected chi connectivity index (χ0v) is 16.5. The van der Waals surface area contributed by atoms with Gasteiger partial charge in [-0.05, 0) is 38.5 Å². The van der Waals surface area contributed by atoms with Crippen LogP contribution in [0.3, 0.4) is 0 Å². The second-order valence-electron chi connectivity index (χ2n) is 7.53. The van der Waals surface area contributed by atoms with Crippen LogP contribution < -0.4 is 0 Å². The molecule has 8 heteroatoms. The van der Waals surface area contributed by atoms with Crippen LogP contribution in [-0.2, 0) is 20.3 Å². The van der Waals surface area contributed by atoms with Gasteiger partial charge in [-0.25, -0.2) is 13.2 Å². The molecule has 0 unspecified atom stereocenters. The Hall–Kier alpha value is -2.09. The second kappa shape index (κ2) is 7.65. The maximum Gasteiger partial charge on any atom is 0.410 e. The number of amides is 2. The Bertz CT molecular complexity index is 758. The van der Waals surface area contributed by atoms with Gasteiger partial charge in [0.2, 0.25) is 0 Å². The lowest BCUT2D eigenvalue weighted by Crippen LogP contribution is -2.51. The van der Waals surface area contributed by atoms with Gasteiger partial charge in [-0.1, -0.05) is 12.1 Å². The fraction of sp³-hybridized carbons (Fsp3) is 0.556. The normalized spacial score (nSPS) is 15.7. The van der Waals surface area contributed by atoms with Crippen LogP contribution >= 0.6 is 0 Å². The quantitative estimate of drug-likeness (QED) is 0.797. The van der Waals surface area contributed by atoms with E-state index in [0.717, 1.165) is 0 Å². The van der Waals surface area contributed by atoms with Gasteiger partial charge in [-0.15, -0.1) is 0 Å². The number of piperazine rings is 1. The van der Waals surface area contributed by atoms with Crippen molar-refractivity contribution in [2.75, 3.05) is 32.4 Å². The lowest BCUT2D eigenvalue weighted by molar-refractivity contribution is 0.0141. The van der Waals surface area contributed by atoms with Crippen LogP contribution in [0.2, 0.25) is 0 Å². The summed E-state index contributed by atoms with van der Waals surface area (Å²) in [5.41, 5.74) is 0.615. The first-order valence-corrected chi connectivity index (χ1v) is 10.5. The molecular weight excluding hydrogens is 356 g/mol. The van der Waals surface area contributed by atoms with Crippen molar-refractivity contribution in [2.45, 2.75) is 32.1 Å². The van der Waals surface area contributed by atoms with E-state index in [1.807, 2.05) is 20.8 Å². The Morgan fingerprint density at radius 1 is 1.00 bits per heavy atom. The fourth-order valence-electron chi connectivity index (χ4n) is 2.65. The summed E-state index contributed by atoms with van der Waals surface area (Å²) in [7, 11) is -3.10. The summed E-state index contributed by atoms with van der Waals surface area (Å²) in [5, 5.41) is 0. The molecule has 0 saturated carbocycles. The van der Waals surface area contributed by atoms with Crippen LogP contribution in [0.15, 0.2) is 24.3 Å². The molecule has 0 aromatic heterocycles. The van der Waals surface area contributed by atoms with Crippen molar-refractivity contribution >= 4 is 21.8 Å². The number of carbonyl (C=O) groups is 2. The molecule has 0 radical (unpaired) electrons. The van der Waals surface area contributed by atoms with E-state index in [1.165, 1.54) is 6.26 Å². The van der Waals surface area contributed by atoms with Crippen molar-refractivity contribution in [1.82, 2.24) is 9.80 Å². The van der Waals surface area contributed by atoms with Gasteiger partial charge in [0.05, 0.1) is 5.75 Å². The lowest BCUT2D eigenvalue weighted by Gasteiger charge is -2.35. The maximum absolute atomic E-state index is 12.6. The van der Waals surface area contributed by atoms with E-state index in [4.69, 9.17) is 4.74 Å². The highest BCUT2D eigenvalue weighted by Crippen LogP contribution is 2.14. The molecule has 0 spiro atoms. The van der Waals surface area contributed by atoms with E-state index in [-0.39, 0.29) is 17.8 Å². The number of benzene rings is 1. The SMILES string of the molecule is CC(C)(C)OC(=O)N1CCN(C(=O)c2ccc(CS(C)(=O)=O)cc2)CC1. The van der Waals surface area contributed by atoms with Crippen molar-refractivity contribution in [1.29, 1.82) is 0 Å². The molecule has 1 saturated heterocycles. The first-order valence-electron chi connectivity index (χ1n) is 8.48. The van der Waals surface area contributed by atoms with Crippen LogP contribution in [-0.4, -0.2) is 68.3 Å². The van der Waals surface area contributed by atoms with E-state index in [2.05, 4.69) is 0 Å². The molecule has 2 amide bonds. The number of carbonyl (C=O) groups excluding carboxylic acids is 2. The van der Waals surface area contributed by atoms with Crippen molar-refractivity contribution in [3.05, 3.63) is 35.4 Å². The summed E-state index contributed by atoms with van der Waals surface area (Å²) in [5.74, 6) is -0.171. The van der Waals surface area contributed by atoms with E-state index in [9.17, 15) is 18.0 Å². The van der Waals surface area contributed by atoms with Crippen LogP contribution in [0.25, 0.3) is 0 Å². The van der Waals surface area contributed by atoms with E-state index in [1.54, 1.807) is 34.1 Å². The first kappa shape index (κ1) is 20.2. The molecule has 144 valence electrons. The zero-order chi connectivity index (χ0) is 19.5. The predicted molar refractivity (Wildman–Crippen MR) is 98.7 cm³/mol. The predicted octanol–water partition coefficient (Wildman–Crippen LogP) is 1.92. The molecule has 7 nitrogen and oxygen atoms in total. The highest BCUT2D eigenvalue weighted by Gasteiger charge is 2.28. The molecule has 0 atom stereocenters. The molecule has 1 fully saturated rings. The van der Waals surface area contributed by atoms with Gasteiger partial charge in [0.15, 0.2) is 9.84 Å². The summed E-state index contributed by atoms with van der Waals surface area (Å²) >= 11 is 0. The van der Waals surface area contributed by atoms with Crippen molar-refractivity contribution in [3.8, 4) is 0 Å². The van der Waals surface area contributed by atoms with Crippen LogP contribution in [0.4, 0.5) is 4.79 Å². The molecule has 1 aliphatic rings. The first-order chi connectivity index (χ1) is 11.9. The van der Waals surface area contributed by atoms with Gasteiger partial charge in [0, 0.05) is 38.0 Å². The van der Waals surface area contributed by atoms with Crippen LogP contribution in [0.5, 0.6) is 0 Å². The minimum atomic E-state index is -3.10. The molecule has 1 heterocycles. The summed E-state index contributed by atoms with van der Waals surface area (Å²) in [6, 6.07) is 6.60. The van der Waals surface area contributed by atoms with E-state index in [0.29, 0.717) is 37.3 Å². The number of hydrogen-bond acceptors (Lipinski definition) is 5. The molecule has 1 aliphatic heterocycles. The lowest BCUT2D eigenvalue weighted by atomic mass is 10.1. The summed E-state index contributed by atoms with van der Waals surface area (Å²) in [4.78, 5) is 27.9. The average Bonchev–Trinajstić information content (AvgIpc) is 2.52. The Morgan fingerprint density at radius 3 is 1.96 bits per heavy atom. The van der Waals surface area contributed by atoms with Crippen molar-refractivity contribution in [3.63, 3.8) is 0 Å². The topological polar surface area (TPSA) is 84.0 Å². The molecule has 0 N–H and O–H groups in total. The summed E-state index contributed by atoms with van der Waals surface area (Å²) in [6.45, 7) is 7.17. The maximum atomic E-state index is 12.6. The number of nitrogens with zero attached hydrogens (tertiary/aromatic N) is 2. The smallest absolute Gasteiger partial charge is 0.410 e. The van der Waals surface area contributed by atoms with Gasteiger partial charge in [0.25, 0.3) is 5.91 Å². The highest BCUT2D eigenvalue weighted by molar-refractivity contribution is 7.89. The summed E-state index contributed by atoms with van der Waals surface area (Å²) in [6.07, 6.45) is 0.811. The largest absolute Gasteiger partial charge is 0.444 e. The third-order valence-corrected chi connectivity index (χ3v) is 4.71. The Kier molecular flexibility index (Phi) is 5.95. The molecule has 0 aliphatic carbocycles. The van der Waals surface area contributed by atoms with Gasteiger partial charge < -0.3 is 14.5 Å². The molecule has 1 aromatic carbocycles. The summed E-state index contributed by atoms with van der Waals surface area (Å²) < 4.78 is 28.0. The third-order valence-electron chi connectivity index (χ3n) is 3.85. The van der Waals surface area contributed by atoms with Crippen LogP contribution in [0.1, 0.15) is 36.7 Å². The highest BCUT2D eigenvalue weighted by atomic mass is 32.2. The van der Waals surface area contributed by atoms with Crippen LogP contribution in [0, 0.1) is 0 Å². The van der Waals surface area contributed by atoms with Gasteiger partial charge >= 0.3 is 6.09 Å². The van der Waals surface area contributed by atoms with Gasteiger partial charge in [0.1, 0.15) is 5.60 Å². The number of rotatable bonds is 3. The Balaban J connectivity index is 1.93. The van der Waals surface area contributed by atoms with Gasteiger partial charge in [-0.3, -0.25) is 4.79 Å². The standard InChI is InChI=1S/C18H26N2O5S/c1-18(2,3)25-17(22)20-11-9-19(10-12-20)16(21)15-7-5-14(6-8-15)13-26(4,23)24/h5-8H,9-13H2,1-4H3. The second-order valence-corrected chi connectivity index (χ2v) is 9.67. The number of ether oxygens (including phenoxy) is 1. The van der Waals surface area contributed by atoms with Gasteiger partial charge in [-0.2, -0.15) is 0 Å². The van der Waals surface area contributed by atoms with E-state index < -0.39 is 15.4 Å². The Morgan fingerprint density at radius 2 is 1.50 bits per heavy atom. The minimum Gasteiger partial charge on any atom is -0.444 e. The minimum absolute atomic E-state index is 0.0456. The Labute approximate surface area is 154 Å². The number of sulfone groups is 1. The zero-order valence-electron chi connectivity index (χ0n) is 15.7. The molecule has 1 aromatic rings. The number of hydrogen-bond donors (Lipinski definition) is 0. The average molecular weight is 382 g/mol. The monoisotopic (exact) mass is 382 g/mol. The van der Waals surface area contributed by atoms with E-state index >= 15 is 0 Å². The molecule has 2 rings (SSSR count). The van der Waals surface area contributed by atoms with Crippen molar-refractivity contribution in [2.24, 2.45) is 0 Å². The molecular formula is C18H26N2O5S. The molecule has 0 bridgehead atoms. The molecule has 26 heavy (non-hydrogen) atoms. The van der Waals surface area contributed by atoms with Crippen molar-refractivity contribution < 1.29 is 22.7 Å². The third kappa shape index (κ3) is 6.01.